The Bertz CT molecular complexity index is 690. The highest BCUT2D eigenvalue weighted by molar-refractivity contribution is 5.84. The highest BCUT2D eigenvalue weighted by Crippen LogP contribution is 2.35. The van der Waals surface area contributed by atoms with Gasteiger partial charge in [0.25, 0.3) is 0 Å². The van der Waals surface area contributed by atoms with Crippen molar-refractivity contribution in [1.82, 2.24) is 9.47 Å². The van der Waals surface area contributed by atoms with Crippen molar-refractivity contribution in [2.45, 2.75) is 44.7 Å². The van der Waals surface area contributed by atoms with Crippen molar-refractivity contribution in [3.8, 4) is 0 Å². The van der Waals surface area contributed by atoms with Crippen molar-refractivity contribution in [1.29, 1.82) is 0 Å². The van der Waals surface area contributed by atoms with E-state index in [0.717, 1.165) is 37.2 Å². The third kappa shape index (κ3) is 2.79. The van der Waals surface area contributed by atoms with E-state index < -0.39 is 0 Å². The Morgan fingerprint density at radius 2 is 1.87 bits per heavy atom. The topological polar surface area (TPSA) is 17.4 Å². The molecule has 4 rings (SSSR count). The third-order valence-corrected chi connectivity index (χ3v) is 5.60. The van der Waals surface area contributed by atoms with Crippen molar-refractivity contribution < 1.29 is 9.13 Å². The number of hydrogen-bond acceptors (Lipinski definition) is 2. The Morgan fingerprint density at radius 3 is 2.70 bits per heavy atom. The molecule has 2 heterocycles. The smallest absolute Gasteiger partial charge is 0.132 e. The fraction of sp³-hybridized carbons (Fsp3) is 0.579. The second-order valence-corrected chi connectivity index (χ2v) is 6.97. The minimum Gasteiger partial charge on any atom is -0.379 e. The predicted molar refractivity (Wildman–Crippen MR) is 90.3 cm³/mol. The fourth-order valence-corrected chi connectivity index (χ4v) is 4.39. The van der Waals surface area contributed by atoms with Gasteiger partial charge < -0.3 is 9.30 Å². The van der Waals surface area contributed by atoms with Crippen LogP contribution in [0, 0.1) is 12.7 Å². The van der Waals surface area contributed by atoms with Crippen LogP contribution in [0.4, 0.5) is 4.39 Å². The zero-order valence-corrected chi connectivity index (χ0v) is 13.8. The van der Waals surface area contributed by atoms with E-state index in [0.29, 0.717) is 12.1 Å². The molecule has 0 spiro atoms. The first kappa shape index (κ1) is 15.2. The van der Waals surface area contributed by atoms with Crippen LogP contribution in [-0.2, 0) is 4.74 Å². The standard InChI is InChI=1S/C19H25FN2O/c1-14-5-6-18(20)17-7-8-22(19(14)17)16-4-2-3-15(13-16)21-9-11-23-12-10-21/h5-8,15-16H,2-4,9-13H2,1H3/t15-,16-/m1/s1. The summed E-state index contributed by atoms with van der Waals surface area (Å²) in [7, 11) is 0. The summed E-state index contributed by atoms with van der Waals surface area (Å²) in [6.07, 6.45) is 6.98. The Morgan fingerprint density at radius 1 is 1.09 bits per heavy atom. The number of morpholine rings is 1. The van der Waals surface area contributed by atoms with Crippen LogP contribution in [0.5, 0.6) is 0 Å². The van der Waals surface area contributed by atoms with Gasteiger partial charge >= 0.3 is 0 Å². The largest absolute Gasteiger partial charge is 0.379 e. The maximum absolute atomic E-state index is 14.1. The highest BCUT2D eigenvalue weighted by atomic mass is 19.1. The number of hydrogen-bond donors (Lipinski definition) is 0. The number of aryl methyl sites for hydroxylation is 1. The molecule has 0 unspecified atom stereocenters. The number of rotatable bonds is 2. The molecule has 0 radical (unpaired) electrons. The average Bonchev–Trinajstić information content (AvgIpc) is 3.06. The summed E-state index contributed by atoms with van der Waals surface area (Å²) < 4.78 is 21.9. The lowest BCUT2D eigenvalue weighted by Crippen LogP contribution is -2.45. The van der Waals surface area contributed by atoms with Gasteiger partial charge in [0.05, 0.1) is 18.7 Å². The fourth-order valence-electron chi connectivity index (χ4n) is 4.39. The molecule has 1 saturated heterocycles. The first-order valence-electron chi connectivity index (χ1n) is 8.81. The zero-order valence-electron chi connectivity index (χ0n) is 13.8. The molecule has 0 bridgehead atoms. The molecule has 1 aliphatic heterocycles. The van der Waals surface area contributed by atoms with E-state index in [9.17, 15) is 4.39 Å². The molecule has 0 N–H and O–H groups in total. The molecule has 3 nitrogen and oxygen atoms in total. The quantitative estimate of drug-likeness (QED) is 0.836. The Balaban J connectivity index is 1.61. The molecule has 2 atom stereocenters. The van der Waals surface area contributed by atoms with Crippen LogP contribution >= 0.6 is 0 Å². The van der Waals surface area contributed by atoms with Crippen molar-refractivity contribution >= 4 is 10.9 Å². The highest BCUT2D eigenvalue weighted by Gasteiger charge is 2.29. The predicted octanol–water partition coefficient (Wildman–Crippen LogP) is 3.90. The minimum absolute atomic E-state index is 0.107. The van der Waals surface area contributed by atoms with Crippen molar-refractivity contribution in [3.63, 3.8) is 0 Å². The number of ether oxygens (including phenoxy) is 1. The lowest BCUT2D eigenvalue weighted by molar-refractivity contribution is 0.00392. The summed E-state index contributed by atoms with van der Waals surface area (Å²) >= 11 is 0. The summed E-state index contributed by atoms with van der Waals surface area (Å²) in [6, 6.07) is 6.55. The van der Waals surface area contributed by atoms with Crippen molar-refractivity contribution in [2.24, 2.45) is 0 Å². The van der Waals surface area contributed by atoms with Gasteiger partial charge in [0.1, 0.15) is 5.82 Å². The van der Waals surface area contributed by atoms with Crippen LogP contribution in [0.2, 0.25) is 0 Å². The van der Waals surface area contributed by atoms with E-state index >= 15 is 0 Å². The minimum atomic E-state index is -0.107. The van der Waals surface area contributed by atoms with E-state index in [1.165, 1.54) is 31.2 Å². The third-order valence-electron chi connectivity index (χ3n) is 5.60. The first-order valence-corrected chi connectivity index (χ1v) is 8.81. The maximum Gasteiger partial charge on any atom is 0.132 e. The summed E-state index contributed by atoms with van der Waals surface area (Å²) in [5, 5.41) is 0.762. The van der Waals surface area contributed by atoms with Gasteiger partial charge in [-0.2, -0.15) is 0 Å². The van der Waals surface area contributed by atoms with E-state index in [4.69, 9.17) is 4.74 Å². The Labute approximate surface area is 137 Å². The van der Waals surface area contributed by atoms with Gasteiger partial charge in [0, 0.05) is 36.8 Å². The number of nitrogens with zero attached hydrogens (tertiary/aromatic N) is 2. The monoisotopic (exact) mass is 316 g/mol. The first-order chi connectivity index (χ1) is 11.2. The lowest BCUT2D eigenvalue weighted by Gasteiger charge is -2.40. The number of benzene rings is 1. The van der Waals surface area contributed by atoms with E-state index in [1.807, 2.05) is 12.1 Å². The van der Waals surface area contributed by atoms with Crippen LogP contribution in [0.3, 0.4) is 0 Å². The zero-order chi connectivity index (χ0) is 15.8. The Hall–Kier alpha value is -1.39. The molecule has 23 heavy (non-hydrogen) atoms. The maximum atomic E-state index is 14.1. The second-order valence-electron chi connectivity index (χ2n) is 6.97. The number of aromatic nitrogens is 1. The lowest BCUT2D eigenvalue weighted by atomic mass is 9.89. The van der Waals surface area contributed by atoms with Crippen LogP contribution in [0.25, 0.3) is 10.9 Å². The van der Waals surface area contributed by atoms with Crippen LogP contribution < -0.4 is 0 Å². The summed E-state index contributed by atoms with van der Waals surface area (Å²) in [5.41, 5.74) is 2.25. The molecule has 2 fully saturated rings. The second kappa shape index (κ2) is 6.25. The van der Waals surface area contributed by atoms with Crippen molar-refractivity contribution in [2.75, 3.05) is 26.3 Å². The molecule has 2 aliphatic rings. The number of fused-ring (bicyclic) bond motifs is 1. The van der Waals surface area contributed by atoms with Gasteiger partial charge in [-0.25, -0.2) is 4.39 Å². The van der Waals surface area contributed by atoms with Crippen LogP contribution in [-0.4, -0.2) is 41.8 Å². The van der Waals surface area contributed by atoms with Gasteiger partial charge in [-0.05, 0) is 50.3 Å². The molecule has 1 aliphatic carbocycles. The molecule has 2 aromatic rings. The summed E-state index contributed by atoms with van der Waals surface area (Å²) in [5.74, 6) is -0.107. The summed E-state index contributed by atoms with van der Waals surface area (Å²) in [6.45, 7) is 5.91. The molecule has 1 saturated carbocycles. The van der Waals surface area contributed by atoms with Gasteiger partial charge in [-0.3, -0.25) is 4.90 Å². The average molecular weight is 316 g/mol. The van der Waals surface area contributed by atoms with Crippen LogP contribution in [0.1, 0.15) is 37.3 Å². The molecular formula is C19H25FN2O. The molecule has 1 aromatic carbocycles. The molecule has 1 aromatic heterocycles. The van der Waals surface area contributed by atoms with E-state index in [-0.39, 0.29) is 5.82 Å². The molecule has 0 amide bonds. The molecule has 4 heteroatoms. The molecular weight excluding hydrogens is 291 g/mol. The normalized spacial score (nSPS) is 26.7. The van der Waals surface area contributed by atoms with Crippen LogP contribution in [0.15, 0.2) is 24.4 Å². The number of halogens is 1. The van der Waals surface area contributed by atoms with E-state index in [1.54, 1.807) is 6.07 Å². The SMILES string of the molecule is Cc1ccc(F)c2ccn([C@@H]3CCC[C@@H](N4CCOCC4)C3)c12. The van der Waals surface area contributed by atoms with Gasteiger partial charge in [0.15, 0.2) is 0 Å². The van der Waals surface area contributed by atoms with Gasteiger partial charge in [-0.15, -0.1) is 0 Å². The van der Waals surface area contributed by atoms with E-state index in [2.05, 4.69) is 22.6 Å². The molecule has 124 valence electrons. The van der Waals surface area contributed by atoms with Gasteiger partial charge in [0.2, 0.25) is 0 Å². The van der Waals surface area contributed by atoms with Gasteiger partial charge in [-0.1, -0.05) is 6.07 Å². The Kier molecular flexibility index (Phi) is 4.12. The summed E-state index contributed by atoms with van der Waals surface area (Å²) in [4.78, 5) is 2.59. The van der Waals surface area contributed by atoms with Crippen molar-refractivity contribution in [3.05, 3.63) is 35.8 Å².